The number of rotatable bonds is 15. The number of sulfonamides is 1. The third-order valence-corrected chi connectivity index (χ3v) is 7.60. The lowest BCUT2D eigenvalue weighted by molar-refractivity contribution is -0.145. The van der Waals surface area contributed by atoms with Crippen LogP contribution in [0.15, 0.2) is 65.7 Å². The van der Waals surface area contributed by atoms with Crippen molar-refractivity contribution in [1.82, 2.24) is 15.0 Å². The molecule has 0 spiro atoms. The fourth-order valence-electron chi connectivity index (χ4n) is 3.87. The van der Waals surface area contributed by atoms with Gasteiger partial charge in [0.05, 0.1) is 30.4 Å². The summed E-state index contributed by atoms with van der Waals surface area (Å²) in [5, 5.41) is 2.79. The number of hydrogen-bond donors (Lipinski definition) is 2. The van der Waals surface area contributed by atoms with E-state index in [1.165, 1.54) is 42.6 Å². The molecular weight excluding hydrogens is 562 g/mol. The Hall–Kier alpha value is -4.45. The Morgan fingerprint density at radius 3 is 2.21 bits per heavy atom. The number of carbonyl (C=O) groups is 3. The van der Waals surface area contributed by atoms with E-state index in [4.69, 9.17) is 14.2 Å². The van der Waals surface area contributed by atoms with Crippen molar-refractivity contribution in [3.63, 3.8) is 0 Å². The number of aromatic nitrogens is 1. The zero-order valence-corrected chi connectivity index (χ0v) is 24.7. The predicted molar refractivity (Wildman–Crippen MR) is 155 cm³/mol. The molecule has 12 heteroatoms. The van der Waals surface area contributed by atoms with Crippen molar-refractivity contribution >= 4 is 27.8 Å². The van der Waals surface area contributed by atoms with Gasteiger partial charge in [0.25, 0.3) is 21.8 Å². The first-order valence-corrected chi connectivity index (χ1v) is 14.9. The van der Waals surface area contributed by atoms with Gasteiger partial charge < -0.3 is 19.5 Å². The molecule has 0 atom stereocenters. The average molecular weight is 598 g/mol. The summed E-state index contributed by atoms with van der Waals surface area (Å²) in [4.78, 5) is 40.7. The first-order chi connectivity index (χ1) is 20.2. The van der Waals surface area contributed by atoms with Crippen LogP contribution in [0.4, 0.5) is 0 Å². The second kappa shape index (κ2) is 15.5. The number of methoxy groups -OCH3 is 2. The Balaban J connectivity index is 1.50. The number of ether oxygens (including phenoxy) is 3. The molecule has 0 bridgehead atoms. The quantitative estimate of drug-likeness (QED) is 0.197. The standard InChI is InChI=1S/C30H35N3O8S/c1-4-5-6-7-28(34)41-20-24-12-9-23(19-32-24)30(36)33-42(37,38)25-13-10-22(11-14-25)29(35)31-17-16-21-8-15-26(39-2)27(18-21)40-3/h8-15,18-19H,4-7,16-17,20H2,1-3H3,(H,31,35)(H,33,36). The van der Waals surface area contributed by atoms with E-state index in [1.807, 2.05) is 23.8 Å². The number of nitrogens with zero attached hydrogens (tertiary/aromatic N) is 1. The highest BCUT2D eigenvalue weighted by molar-refractivity contribution is 7.90. The minimum atomic E-state index is -4.21. The van der Waals surface area contributed by atoms with Crippen LogP contribution in [0.2, 0.25) is 0 Å². The highest BCUT2D eigenvalue weighted by Crippen LogP contribution is 2.27. The molecular formula is C30H35N3O8S. The second-order valence-electron chi connectivity index (χ2n) is 9.31. The highest BCUT2D eigenvalue weighted by atomic mass is 32.2. The van der Waals surface area contributed by atoms with Gasteiger partial charge in [0.1, 0.15) is 6.61 Å². The lowest BCUT2D eigenvalue weighted by atomic mass is 10.1. The number of nitrogens with one attached hydrogen (secondary N) is 2. The first-order valence-electron chi connectivity index (χ1n) is 13.4. The molecule has 2 N–H and O–H groups in total. The van der Waals surface area contributed by atoms with Crippen molar-refractivity contribution in [1.29, 1.82) is 0 Å². The maximum absolute atomic E-state index is 12.7. The Labute approximate surface area is 245 Å². The smallest absolute Gasteiger partial charge is 0.306 e. The van der Waals surface area contributed by atoms with E-state index in [-0.39, 0.29) is 34.5 Å². The van der Waals surface area contributed by atoms with E-state index in [0.717, 1.165) is 24.8 Å². The van der Waals surface area contributed by atoms with E-state index in [1.54, 1.807) is 20.3 Å². The van der Waals surface area contributed by atoms with Crippen LogP contribution in [-0.2, 0) is 32.6 Å². The third-order valence-electron chi connectivity index (χ3n) is 6.25. The van der Waals surface area contributed by atoms with Crippen LogP contribution in [0.1, 0.15) is 64.6 Å². The van der Waals surface area contributed by atoms with Crippen LogP contribution >= 0.6 is 0 Å². The molecule has 0 radical (unpaired) electrons. The van der Waals surface area contributed by atoms with Gasteiger partial charge in [0.15, 0.2) is 11.5 Å². The fourth-order valence-corrected chi connectivity index (χ4v) is 4.85. The maximum atomic E-state index is 12.7. The highest BCUT2D eigenvalue weighted by Gasteiger charge is 2.20. The maximum Gasteiger partial charge on any atom is 0.306 e. The molecule has 1 heterocycles. The average Bonchev–Trinajstić information content (AvgIpc) is 3.00. The van der Waals surface area contributed by atoms with Crippen molar-refractivity contribution < 1.29 is 37.0 Å². The number of esters is 1. The molecule has 1 aromatic heterocycles. The Morgan fingerprint density at radius 2 is 1.57 bits per heavy atom. The number of amides is 2. The van der Waals surface area contributed by atoms with Crippen molar-refractivity contribution in [3.8, 4) is 11.5 Å². The van der Waals surface area contributed by atoms with Crippen molar-refractivity contribution in [3.05, 3.63) is 83.2 Å². The van der Waals surface area contributed by atoms with Crippen LogP contribution in [0, 0.1) is 0 Å². The van der Waals surface area contributed by atoms with Gasteiger partial charge in [-0.2, -0.15) is 0 Å². The number of pyridine rings is 1. The molecule has 2 amide bonds. The molecule has 0 fully saturated rings. The molecule has 2 aromatic carbocycles. The fraction of sp³-hybridized carbons (Fsp3) is 0.333. The predicted octanol–water partition coefficient (Wildman–Crippen LogP) is 3.81. The summed E-state index contributed by atoms with van der Waals surface area (Å²) >= 11 is 0. The Kier molecular flexibility index (Phi) is 11.9. The molecule has 3 rings (SSSR count). The molecule has 0 saturated carbocycles. The zero-order chi connectivity index (χ0) is 30.5. The number of hydrogen-bond acceptors (Lipinski definition) is 9. The van der Waals surface area contributed by atoms with Gasteiger partial charge in [-0.25, -0.2) is 13.1 Å². The van der Waals surface area contributed by atoms with E-state index in [2.05, 4.69) is 10.3 Å². The monoisotopic (exact) mass is 597 g/mol. The summed E-state index contributed by atoms with van der Waals surface area (Å²) in [7, 11) is -1.11. The summed E-state index contributed by atoms with van der Waals surface area (Å²) in [6.07, 6.45) is 4.79. The lowest BCUT2D eigenvalue weighted by Gasteiger charge is -2.10. The number of unbranched alkanes of at least 4 members (excludes halogenated alkanes) is 2. The van der Waals surface area contributed by atoms with Crippen LogP contribution in [0.25, 0.3) is 0 Å². The summed E-state index contributed by atoms with van der Waals surface area (Å²) < 4.78 is 43.2. The van der Waals surface area contributed by atoms with Gasteiger partial charge >= 0.3 is 5.97 Å². The summed E-state index contributed by atoms with van der Waals surface area (Å²) in [5.74, 6) is -0.367. The topological polar surface area (TPSA) is 150 Å². The van der Waals surface area contributed by atoms with Crippen molar-refractivity contribution in [2.45, 2.75) is 50.5 Å². The Bertz CT molecular complexity index is 1470. The lowest BCUT2D eigenvalue weighted by Crippen LogP contribution is -2.31. The second-order valence-corrected chi connectivity index (χ2v) is 11.0. The van der Waals surface area contributed by atoms with Gasteiger partial charge in [-0.05, 0) is 66.9 Å². The van der Waals surface area contributed by atoms with Gasteiger partial charge in [-0.1, -0.05) is 25.8 Å². The minimum Gasteiger partial charge on any atom is -0.493 e. The summed E-state index contributed by atoms with van der Waals surface area (Å²) in [6.45, 7) is 2.35. The molecule has 224 valence electrons. The van der Waals surface area contributed by atoms with E-state index in [0.29, 0.717) is 36.6 Å². The largest absolute Gasteiger partial charge is 0.493 e. The van der Waals surface area contributed by atoms with Crippen LogP contribution in [0.3, 0.4) is 0 Å². The summed E-state index contributed by atoms with van der Waals surface area (Å²) in [6, 6.07) is 13.6. The summed E-state index contributed by atoms with van der Waals surface area (Å²) in [5.41, 5.74) is 1.65. The molecule has 11 nitrogen and oxygen atoms in total. The molecule has 0 aliphatic heterocycles. The number of benzene rings is 2. The van der Waals surface area contributed by atoms with Gasteiger partial charge in [-0.3, -0.25) is 19.4 Å². The molecule has 0 saturated heterocycles. The van der Waals surface area contributed by atoms with Crippen LogP contribution in [-0.4, -0.2) is 51.9 Å². The van der Waals surface area contributed by atoms with Crippen LogP contribution < -0.4 is 19.5 Å². The van der Waals surface area contributed by atoms with E-state index >= 15 is 0 Å². The van der Waals surface area contributed by atoms with Crippen LogP contribution in [0.5, 0.6) is 11.5 Å². The van der Waals surface area contributed by atoms with E-state index < -0.39 is 15.9 Å². The number of carbonyl (C=O) groups excluding carboxylic acids is 3. The van der Waals surface area contributed by atoms with Gasteiger partial charge in [-0.15, -0.1) is 0 Å². The third kappa shape index (κ3) is 9.30. The van der Waals surface area contributed by atoms with E-state index in [9.17, 15) is 22.8 Å². The minimum absolute atomic E-state index is 0.0158. The first kappa shape index (κ1) is 32.1. The zero-order valence-electron chi connectivity index (χ0n) is 23.8. The molecule has 0 aliphatic rings. The van der Waals surface area contributed by atoms with Gasteiger partial charge in [0, 0.05) is 24.7 Å². The van der Waals surface area contributed by atoms with Gasteiger partial charge in [0.2, 0.25) is 0 Å². The van der Waals surface area contributed by atoms with Crippen molar-refractivity contribution in [2.75, 3.05) is 20.8 Å². The van der Waals surface area contributed by atoms with Crippen molar-refractivity contribution in [2.24, 2.45) is 0 Å². The molecule has 3 aromatic rings. The molecule has 0 unspecified atom stereocenters. The molecule has 42 heavy (non-hydrogen) atoms. The normalized spacial score (nSPS) is 10.9. The Morgan fingerprint density at radius 1 is 0.857 bits per heavy atom. The SMILES string of the molecule is CCCCCC(=O)OCc1ccc(C(=O)NS(=O)(=O)c2ccc(C(=O)NCCc3ccc(OC)c(OC)c3)cc2)cn1. The molecule has 0 aliphatic carbocycles.